The number of carbonyl (C=O) groups is 1. The first-order valence-corrected chi connectivity index (χ1v) is 7.88. The summed E-state index contributed by atoms with van der Waals surface area (Å²) in [5.41, 5.74) is 0.612. The predicted octanol–water partition coefficient (Wildman–Crippen LogP) is 3.18. The number of nitrogens with zero attached hydrogens (tertiary/aromatic N) is 2. The van der Waals surface area contributed by atoms with E-state index >= 15 is 0 Å². The van der Waals surface area contributed by atoms with E-state index in [0.717, 1.165) is 5.56 Å². The van der Waals surface area contributed by atoms with Crippen LogP contribution in [0.25, 0.3) is 0 Å². The molecule has 1 amide bonds. The average molecular weight is 331 g/mol. The van der Waals surface area contributed by atoms with Gasteiger partial charge < -0.3 is 14.6 Å². The summed E-state index contributed by atoms with van der Waals surface area (Å²) >= 11 is 0. The second-order valence-corrected chi connectivity index (χ2v) is 7.38. The zero-order valence-electron chi connectivity index (χ0n) is 15.1. The third-order valence-electron chi connectivity index (χ3n) is 3.58. The number of rotatable bonds is 5. The standard InChI is InChI=1S/C18H25N3O3/c1-17(2,3)16-19-15(21-24-16)18(4,5)20-14(22)13-9-7-12(8-10-13)11-23-6/h7-10H,11H2,1-6H3,(H,20,22). The van der Waals surface area contributed by atoms with Crippen LogP contribution in [0.4, 0.5) is 0 Å². The fraction of sp³-hybridized carbons (Fsp3) is 0.500. The molecule has 1 aromatic heterocycles. The molecule has 0 saturated carbocycles. The monoisotopic (exact) mass is 331 g/mol. The fourth-order valence-electron chi connectivity index (χ4n) is 2.11. The Labute approximate surface area is 142 Å². The van der Waals surface area contributed by atoms with E-state index in [9.17, 15) is 4.79 Å². The Balaban J connectivity index is 2.13. The zero-order valence-corrected chi connectivity index (χ0v) is 15.1. The van der Waals surface area contributed by atoms with Crippen LogP contribution in [0, 0.1) is 0 Å². The number of benzene rings is 1. The number of methoxy groups -OCH3 is 1. The molecule has 6 heteroatoms. The lowest BCUT2D eigenvalue weighted by atomic mass is 9.96. The molecule has 1 aromatic carbocycles. The van der Waals surface area contributed by atoms with Crippen LogP contribution in [0.1, 0.15) is 62.3 Å². The maximum atomic E-state index is 12.5. The molecule has 24 heavy (non-hydrogen) atoms. The van der Waals surface area contributed by atoms with Crippen molar-refractivity contribution < 1.29 is 14.1 Å². The molecular formula is C18H25N3O3. The van der Waals surface area contributed by atoms with Crippen LogP contribution in [-0.4, -0.2) is 23.2 Å². The van der Waals surface area contributed by atoms with Crippen molar-refractivity contribution in [1.82, 2.24) is 15.5 Å². The maximum absolute atomic E-state index is 12.5. The largest absolute Gasteiger partial charge is 0.380 e. The van der Waals surface area contributed by atoms with E-state index in [1.165, 1.54) is 0 Å². The smallest absolute Gasteiger partial charge is 0.252 e. The number of carbonyl (C=O) groups excluding carboxylic acids is 1. The molecule has 2 aromatic rings. The minimum Gasteiger partial charge on any atom is -0.380 e. The normalized spacial score (nSPS) is 12.2. The van der Waals surface area contributed by atoms with Gasteiger partial charge >= 0.3 is 0 Å². The van der Waals surface area contributed by atoms with Gasteiger partial charge in [-0.1, -0.05) is 38.1 Å². The van der Waals surface area contributed by atoms with Gasteiger partial charge in [-0.05, 0) is 31.5 Å². The van der Waals surface area contributed by atoms with Gasteiger partial charge in [0.1, 0.15) is 0 Å². The van der Waals surface area contributed by atoms with Crippen LogP contribution in [0.2, 0.25) is 0 Å². The number of ether oxygens (including phenoxy) is 1. The van der Waals surface area contributed by atoms with Crippen LogP contribution in [-0.2, 0) is 22.3 Å². The van der Waals surface area contributed by atoms with Crippen molar-refractivity contribution in [3.05, 3.63) is 47.1 Å². The molecule has 6 nitrogen and oxygen atoms in total. The van der Waals surface area contributed by atoms with E-state index in [2.05, 4.69) is 15.5 Å². The molecule has 0 bridgehead atoms. The SMILES string of the molecule is COCc1ccc(C(=O)NC(C)(C)c2noc(C(C)(C)C)n2)cc1. The minimum atomic E-state index is -0.741. The molecule has 0 spiro atoms. The molecule has 2 rings (SSSR count). The Morgan fingerprint density at radius 3 is 2.29 bits per heavy atom. The number of hydrogen-bond acceptors (Lipinski definition) is 5. The topological polar surface area (TPSA) is 77.2 Å². The van der Waals surface area contributed by atoms with Crippen molar-refractivity contribution >= 4 is 5.91 Å². The highest BCUT2D eigenvalue weighted by atomic mass is 16.5. The maximum Gasteiger partial charge on any atom is 0.252 e. The second kappa shape index (κ2) is 6.73. The van der Waals surface area contributed by atoms with E-state index in [-0.39, 0.29) is 11.3 Å². The van der Waals surface area contributed by atoms with Crippen molar-refractivity contribution in [3.63, 3.8) is 0 Å². The summed E-state index contributed by atoms with van der Waals surface area (Å²) in [5.74, 6) is 0.812. The van der Waals surface area contributed by atoms with Crippen molar-refractivity contribution in [1.29, 1.82) is 0 Å². The summed E-state index contributed by atoms with van der Waals surface area (Å²) in [6, 6.07) is 7.29. The second-order valence-electron chi connectivity index (χ2n) is 7.38. The molecule has 1 N–H and O–H groups in total. The quantitative estimate of drug-likeness (QED) is 0.910. The van der Waals surface area contributed by atoms with Gasteiger partial charge in [-0.2, -0.15) is 4.98 Å². The summed E-state index contributed by atoms with van der Waals surface area (Å²) in [6.45, 7) is 10.2. The number of amides is 1. The fourth-order valence-corrected chi connectivity index (χ4v) is 2.11. The molecule has 0 atom stereocenters. The lowest BCUT2D eigenvalue weighted by Gasteiger charge is -2.22. The van der Waals surface area contributed by atoms with Crippen molar-refractivity contribution in [3.8, 4) is 0 Å². The van der Waals surface area contributed by atoms with Crippen LogP contribution in [0.5, 0.6) is 0 Å². The Morgan fingerprint density at radius 2 is 1.79 bits per heavy atom. The third kappa shape index (κ3) is 4.20. The van der Waals surface area contributed by atoms with Crippen molar-refractivity contribution in [2.24, 2.45) is 0 Å². The summed E-state index contributed by atoms with van der Waals surface area (Å²) in [4.78, 5) is 16.9. The van der Waals surface area contributed by atoms with Crippen molar-refractivity contribution in [2.75, 3.05) is 7.11 Å². The van der Waals surface area contributed by atoms with Gasteiger partial charge in [-0.25, -0.2) is 0 Å². The van der Waals surface area contributed by atoms with E-state index in [4.69, 9.17) is 9.26 Å². The van der Waals surface area contributed by atoms with E-state index in [0.29, 0.717) is 23.9 Å². The lowest BCUT2D eigenvalue weighted by molar-refractivity contribution is 0.0907. The zero-order chi connectivity index (χ0) is 18.0. The van der Waals surface area contributed by atoms with Gasteiger partial charge in [-0.15, -0.1) is 0 Å². The highest BCUT2D eigenvalue weighted by Crippen LogP contribution is 2.24. The summed E-state index contributed by atoms with van der Waals surface area (Å²) in [5, 5.41) is 6.97. The van der Waals surface area contributed by atoms with Gasteiger partial charge in [-0.3, -0.25) is 4.79 Å². The van der Waals surface area contributed by atoms with E-state index in [1.807, 2.05) is 46.8 Å². The van der Waals surface area contributed by atoms with E-state index < -0.39 is 5.54 Å². The van der Waals surface area contributed by atoms with Gasteiger partial charge in [0.2, 0.25) is 5.89 Å². The molecule has 0 aliphatic rings. The van der Waals surface area contributed by atoms with Gasteiger partial charge in [0, 0.05) is 18.1 Å². The highest BCUT2D eigenvalue weighted by molar-refractivity contribution is 5.94. The Morgan fingerprint density at radius 1 is 1.17 bits per heavy atom. The minimum absolute atomic E-state index is 0.189. The molecule has 1 heterocycles. The molecular weight excluding hydrogens is 306 g/mol. The van der Waals surface area contributed by atoms with Crippen LogP contribution in [0.3, 0.4) is 0 Å². The van der Waals surface area contributed by atoms with Crippen molar-refractivity contribution in [2.45, 2.75) is 52.2 Å². The Hall–Kier alpha value is -2.21. The Bertz CT molecular complexity index is 697. The molecule has 0 unspecified atom stereocenters. The van der Waals surface area contributed by atoms with Gasteiger partial charge in [0.05, 0.1) is 12.1 Å². The predicted molar refractivity (Wildman–Crippen MR) is 90.6 cm³/mol. The van der Waals surface area contributed by atoms with Gasteiger partial charge in [0.25, 0.3) is 5.91 Å². The van der Waals surface area contributed by atoms with E-state index in [1.54, 1.807) is 19.2 Å². The average Bonchev–Trinajstić information content (AvgIpc) is 2.98. The summed E-state index contributed by atoms with van der Waals surface area (Å²) in [6.07, 6.45) is 0. The van der Waals surface area contributed by atoms with Gasteiger partial charge in [0.15, 0.2) is 5.82 Å². The Kier molecular flexibility index (Phi) is 5.08. The molecule has 0 aliphatic carbocycles. The summed E-state index contributed by atoms with van der Waals surface area (Å²) in [7, 11) is 1.64. The molecule has 0 fully saturated rings. The third-order valence-corrected chi connectivity index (χ3v) is 3.58. The first-order valence-electron chi connectivity index (χ1n) is 7.88. The number of aromatic nitrogens is 2. The first kappa shape index (κ1) is 18.1. The lowest BCUT2D eigenvalue weighted by Crippen LogP contribution is -2.42. The summed E-state index contributed by atoms with van der Waals surface area (Å²) < 4.78 is 10.4. The van der Waals surface area contributed by atoms with Crippen LogP contribution in [0.15, 0.2) is 28.8 Å². The van der Waals surface area contributed by atoms with Crippen LogP contribution >= 0.6 is 0 Å². The number of hydrogen-bond donors (Lipinski definition) is 1. The molecule has 0 radical (unpaired) electrons. The highest BCUT2D eigenvalue weighted by Gasteiger charge is 2.31. The number of nitrogens with one attached hydrogen (secondary N) is 1. The first-order chi connectivity index (χ1) is 11.1. The van der Waals surface area contributed by atoms with Crippen LogP contribution < -0.4 is 5.32 Å². The molecule has 0 aliphatic heterocycles. The molecule has 130 valence electrons. The molecule has 0 saturated heterocycles.